The maximum Gasteiger partial charge on any atom is 0.232 e. The minimum Gasteiger partial charge on any atom is -0.493 e. The summed E-state index contributed by atoms with van der Waals surface area (Å²) in [4.78, 5) is 0. The zero-order chi connectivity index (χ0) is 12.9. The molecule has 0 spiro atoms. The third kappa shape index (κ3) is 6.24. The molecule has 0 aliphatic heterocycles. The van der Waals surface area contributed by atoms with E-state index in [1.165, 1.54) is 6.07 Å². The second-order valence-electron chi connectivity index (χ2n) is 3.37. The molecule has 0 atom stereocenters. The van der Waals surface area contributed by atoms with Gasteiger partial charge in [0.1, 0.15) is 11.6 Å². The lowest BCUT2D eigenvalue weighted by Gasteiger charge is -2.06. The Morgan fingerprint density at radius 2 is 2.06 bits per heavy atom. The Labute approximate surface area is 112 Å². The monoisotopic (exact) mass is 344 g/mol. The summed E-state index contributed by atoms with van der Waals surface area (Å²) in [5.41, 5.74) is 0. The first-order valence-electron chi connectivity index (χ1n) is 4.89. The van der Waals surface area contributed by atoms with Crippen LogP contribution in [-0.4, -0.2) is 20.8 Å². The lowest BCUT2D eigenvalue weighted by Crippen LogP contribution is -2.02. The van der Waals surface area contributed by atoms with Crippen molar-refractivity contribution >= 4 is 35.7 Å². The normalized spacial score (nSPS) is 11.5. The van der Waals surface area contributed by atoms with Gasteiger partial charge in [-0.3, -0.25) is 0 Å². The van der Waals surface area contributed by atoms with Crippen LogP contribution in [0.3, 0.4) is 0 Å². The fourth-order valence-corrected chi connectivity index (χ4v) is 2.26. The van der Waals surface area contributed by atoms with E-state index in [-0.39, 0.29) is 5.75 Å². The van der Waals surface area contributed by atoms with Gasteiger partial charge in [0.2, 0.25) is 9.05 Å². The minimum atomic E-state index is -3.43. The molecule has 1 aromatic rings. The summed E-state index contributed by atoms with van der Waals surface area (Å²) in [5.74, 6) is -0.0580. The zero-order valence-electron chi connectivity index (χ0n) is 8.83. The SMILES string of the molecule is O=S(=O)(Cl)CCCCOc1ccc(Br)c(F)c1. The second-order valence-corrected chi connectivity index (χ2v) is 7.13. The third-order valence-corrected chi connectivity index (χ3v) is 3.82. The summed E-state index contributed by atoms with van der Waals surface area (Å²) in [6, 6.07) is 4.45. The standard InChI is InChI=1S/C10H11BrClFO3S/c11-9-4-3-8(7-10(9)13)16-5-1-2-6-17(12,14)15/h3-4,7H,1-2,5-6H2. The predicted octanol–water partition coefficient (Wildman–Crippen LogP) is 3.32. The van der Waals surface area contributed by atoms with Gasteiger partial charge in [0, 0.05) is 16.7 Å². The summed E-state index contributed by atoms with van der Waals surface area (Å²) < 4.78 is 40.0. The second kappa shape index (κ2) is 6.56. The molecule has 0 aliphatic carbocycles. The summed E-state index contributed by atoms with van der Waals surface area (Å²) in [6.07, 6.45) is 0.967. The molecular weight excluding hydrogens is 335 g/mol. The highest BCUT2D eigenvalue weighted by atomic mass is 79.9. The number of hydrogen-bond acceptors (Lipinski definition) is 3. The fraction of sp³-hybridized carbons (Fsp3) is 0.400. The average Bonchev–Trinajstić information content (AvgIpc) is 2.21. The quantitative estimate of drug-likeness (QED) is 0.587. The number of ether oxygens (including phenoxy) is 1. The molecule has 0 amide bonds. The topological polar surface area (TPSA) is 43.4 Å². The molecule has 17 heavy (non-hydrogen) atoms. The Hall–Kier alpha value is -0.330. The van der Waals surface area contributed by atoms with Gasteiger partial charge in [-0.25, -0.2) is 12.8 Å². The number of rotatable bonds is 6. The van der Waals surface area contributed by atoms with E-state index in [1.807, 2.05) is 0 Å². The lowest BCUT2D eigenvalue weighted by molar-refractivity contribution is 0.308. The predicted molar refractivity (Wildman–Crippen MR) is 68.5 cm³/mol. The van der Waals surface area contributed by atoms with Gasteiger partial charge in [-0.1, -0.05) is 0 Å². The van der Waals surface area contributed by atoms with Crippen molar-refractivity contribution in [3.63, 3.8) is 0 Å². The van der Waals surface area contributed by atoms with Crippen LogP contribution in [0.5, 0.6) is 5.75 Å². The summed E-state index contributed by atoms with van der Waals surface area (Å²) in [6.45, 7) is 0.327. The Morgan fingerprint density at radius 1 is 1.35 bits per heavy atom. The highest BCUT2D eigenvalue weighted by molar-refractivity contribution is 9.10. The van der Waals surface area contributed by atoms with E-state index >= 15 is 0 Å². The van der Waals surface area contributed by atoms with E-state index in [9.17, 15) is 12.8 Å². The molecule has 0 saturated heterocycles. The Kier molecular flexibility index (Phi) is 5.69. The van der Waals surface area contributed by atoms with Crippen molar-refractivity contribution in [3.05, 3.63) is 28.5 Å². The van der Waals surface area contributed by atoms with Crippen molar-refractivity contribution in [1.29, 1.82) is 0 Å². The molecule has 0 aromatic heterocycles. The third-order valence-electron chi connectivity index (χ3n) is 1.94. The molecule has 0 fully saturated rings. The summed E-state index contributed by atoms with van der Waals surface area (Å²) in [7, 11) is 1.61. The van der Waals surface area contributed by atoms with Crippen LogP contribution in [-0.2, 0) is 9.05 Å². The van der Waals surface area contributed by atoms with Gasteiger partial charge in [0.15, 0.2) is 0 Å². The van der Waals surface area contributed by atoms with E-state index in [0.29, 0.717) is 29.7 Å². The van der Waals surface area contributed by atoms with Crippen LogP contribution in [0.15, 0.2) is 22.7 Å². The summed E-state index contributed by atoms with van der Waals surface area (Å²) in [5, 5.41) is 0. The lowest BCUT2D eigenvalue weighted by atomic mass is 10.3. The van der Waals surface area contributed by atoms with E-state index in [1.54, 1.807) is 12.1 Å². The molecule has 0 unspecified atom stereocenters. The fourth-order valence-electron chi connectivity index (χ4n) is 1.13. The number of unbranched alkanes of at least 4 members (excludes halogenated alkanes) is 1. The largest absolute Gasteiger partial charge is 0.493 e. The van der Waals surface area contributed by atoms with Crippen LogP contribution in [0.4, 0.5) is 4.39 Å². The van der Waals surface area contributed by atoms with Gasteiger partial charge >= 0.3 is 0 Å². The zero-order valence-corrected chi connectivity index (χ0v) is 12.0. The first kappa shape index (κ1) is 14.7. The number of halogens is 3. The van der Waals surface area contributed by atoms with Gasteiger partial charge in [-0.15, -0.1) is 0 Å². The van der Waals surface area contributed by atoms with Crippen LogP contribution in [0, 0.1) is 5.82 Å². The van der Waals surface area contributed by atoms with E-state index in [2.05, 4.69) is 15.9 Å². The van der Waals surface area contributed by atoms with Crippen molar-refractivity contribution in [1.82, 2.24) is 0 Å². The molecule has 1 aromatic carbocycles. The maximum absolute atomic E-state index is 13.1. The maximum atomic E-state index is 13.1. The first-order valence-corrected chi connectivity index (χ1v) is 8.16. The molecule has 96 valence electrons. The van der Waals surface area contributed by atoms with Gasteiger partial charge in [-0.2, -0.15) is 0 Å². The summed E-state index contributed by atoms with van der Waals surface area (Å²) >= 11 is 3.03. The number of hydrogen-bond donors (Lipinski definition) is 0. The van der Waals surface area contributed by atoms with Gasteiger partial charge in [0.05, 0.1) is 16.8 Å². The van der Waals surface area contributed by atoms with Crippen molar-refractivity contribution in [3.8, 4) is 5.75 Å². The average molecular weight is 346 g/mol. The molecule has 3 nitrogen and oxygen atoms in total. The van der Waals surface area contributed by atoms with Crippen molar-refractivity contribution in [2.45, 2.75) is 12.8 Å². The van der Waals surface area contributed by atoms with E-state index in [4.69, 9.17) is 15.4 Å². The minimum absolute atomic E-state index is 0.0768. The van der Waals surface area contributed by atoms with Gasteiger partial charge < -0.3 is 4.74 Å². The Morgan fingerprint density at radius 3 is 2.65 bits per heavy atom. The molecular formula is C10H11BrClFO3S. The molecule has 0 saturated carbocycles. The first-order chi connectivity index (χ1) is 7.88. The van der Waals surface area contributed by atoms with Crippen LogP contribution < -0.4 is 4.74 Å². The van der Waals surface area contributed by atoms with Crippen LogP contribution in [0.2, 0.25) is 0 Å². The molecule has 0 heterocycles. The highest BCUT2D eigenvalue weighted by Crippen LogP contribution is 2.21. The molecule has 0 aliphatic rings. The highest BCUT2D eigenvalue weighted by Gasteiger charge is 2.05. The van der Waals surface area contributed by atoms with Crippen LogP contribution in [0.25, 0.3) is 0 Å². The molecule has 1 rings (SSSR count). The van der Waals surface area contributed by atoms with Crippen LogP contribution >= 0.6 is 26.6 Å². The van der Waals surface area contributed by atoms with Gasteiger partial charge in [0.25, 0.3) is 0 Å². The Bertz CT molecular complexity index is 478. The van der Waals surface area contributed by atoms with Gasteiger partial charge in [-0.05, 0) is 40.9 Å². The molecule has 0 N–H and O–H groups in total. The molecule has 0 radical (unpaired) electrons. The molecule has 0 bridgehead atoms. The van der Waals surface area contributed by atoms with Crippen molar-refractivity contribution in [2.75, 3.05) is 12.4 Å². The smallest absolute Gasteiger partial charge is 0.232 e. The molecule has 7 heteroatoms. The van der Waals surface area contributed by atoms with Crippen LogP contribution in [0.1, 0.15) is 12.8 Å². The van der Waals surface area contributed by atoms with E-state index < -0.39 is 14.9 Å². The Balaban J connectivity index is 2.29. The van der Waals surface area contributed by atoms with Crippen molar-refractivity contribution < 1.29 is 17.5 Å². The number of benzene rings is 1. The van der Waals surface area contributed by atoms with E-state index in [0.717, 1.165) is 0 Å². The van der Waals surface area contributed by atoms with Crippen molar-refractivity contribution in [2.24, 2.45) is 0 Å².